The van der Waals surface area contributed by atoms with Crippen LogP contribution in [0.3, 0.4) is 0 Å². The van der Waals surface area contributed by atoms with Crippen LogP contribution in [0.15, 0.2) is 16.5 Å². The fraction of sp³-hybridized carbons (Fsp3) is 0.250. The number of carbonyl (C=O) groups is 1. The Bertz CT molecular complexity index is 606. The largest absolute Gasteiger partial charge is 0.444 e. The van der Waals surface area contributed by atoms with Crippen LogP contribution in [-0.2, 0) is 6.54 Å². The molecule has 0 atom stereocenters. The first-order valence-electron chi connectivity index (χ1n) is 5.50. The third-order valence-electron chi connectivity index (χ3n) is 2.50. The van der Waals surface area contributed by atoms with Crippen LogP contribution in [0.25, 0.3) is 0 Å². The number of aryl methyl sites for hydroxylation is 2. The summed E-state index contributed by atoms with van der Waals surface area (Å²) in [5.74, 6) is 0.727. The summed E-state index contributed by atoms with van der Waals surface area (Å²) in [6, 6.07) is 3.03. The minimum Gasteiger partial charge on any atom is -0.444 e. The normalized spacial score (nSPS) is 10.5. The fourth-order valence-corrected chi connectivity index (χ4v) is 1.77. The van der Waals surface area contributed by atoms with Gasteiger partial charge in [0, 0.05) is 0 Å². The van der Waals surface area contributed by atoms with Crippen molar-refractivity contribution in [2.45, 2.75) is 20.4 Å². The number of nitrogens with zero attached hydrogens (tertiary/aromatic N) is 2. The lowest BCUT2D eigenvalue weighted by Crippen LogP contribution is -2.24. The van der Waals surface area contributed by atoms with Gasteiger partial charge in [-0.05, 0) is 26.0 Å². The van der Waals surface area contributed by atoms with E-state index in [2.05, 4.69) is 15.3 Å². The highest BCUT2D eigenvalue weighted by molar-refractivity contribution is 6.34. The summed E-state index contributed by atoms with van der Waals surface area (Å²) in [7, 11) is 0. The summed E-state index contributed by atoms with van der Waals surface area (Å²) in [4.78, 5) is 19.9. The second-order valence-corrected chi connectivity index (χ2v) is 4.69. The van der Waals surface area contributed by atoms with E-state index >= 15 is 0 Å². The average molecular weight is 300 g/mol. The van der Waals surface area contributed by atoms with Crippen LogP contribution in [0.4, 0.5) is 0 Å². The quantitative estimate of drug-likeness (QED) is 0.885. The Morgan fingerprint density at radius 1 is 1.32 bits per heavy atom. The molecule has 7 heteroatoms. The van der Waals surface area contributed by atoms with E-state index in [1.54, 1.807) is 0 Å². The lowest BCUT2D eigenvalue weighted by molar-refractivity contribution is 0.0942. The highest BCUT2D eigenvalue weighted by atomic mass is 35.5. The van der Waals surface area contributed by atoms with E-state index < -0.39 is 5.91 Å². The lowest BCUT2D eigenvalue weighted by atomic mass is 10.3. The number of carbonyl (C=O) groups excluding carboxylic acids is 1. The van der Waals surface area contributed by atoms with E-state index in [1.807, 2.05) is 13.8 Å². The van der Waals surface area contributed by atoms with E-state index in [0.29, 0.717) is 5.89 Å². The first-order valence-corrected chi connectivity index (χ1v) is 6.26. The predicted octanol–water partition coefficient (Wildman–Crippen LogP) is 2.92. The van der Waals surface area contributed by atoms with Crippen molar-refractivity contribution in [1.82, 2.24) is 15.3 Å². The smallest absolute Gasteiger partial charge is 0.271 e. The van der Waals surface area contributed by atoms with E-state index in [0.717, 1.165) is 11.5 Å². The second kappa shape index (κ2) is 5.59. The minimum atomic E-state index is -0.430. The van der Waals surface area contributed by atoms with Gasteiger partial charge < -0.3 is 9.73 Å². The highest BCUT2D eigenvalue weighted by Gasteiger charge is 2.14. The standard InChI is InChI=1S/C12H11Cl2N3O2/c1-6-7(2)19-10(16-6)5-15-12(18)11-8(13)3-4-9(14)17-11/h3-4H,5H2,1-2H3,(H,15,18). The van der Waals surface area contributed by atoms with E-state index in [9.17, 15) is 4.79 Å². The van der Waals surface area contributed by atoms with Gasteiger partial charge in [0.2, 0.25) is 5.89 Å². The molecule has 2 aromatic heterocycles. The van der Waals surface area contributed by atoms with Gasteiger partial charge in [-0.1, -0.05) is 23.2 Å². The molecular weight excluding hydrogens is 289 g/mol. The zero-order valence-corrected chi connectivity index (χ0v) is 11.8. The van der Waals surface area contributed by atoms with Crippen LogP contribution in [0.2, 0.25) is 10.2 Å². The molecule has 0 aliphatic carbocycles. The number of amides is 1. The molecule has 1 N–H and O–H groups in total. The van der Waals surface area contributed by atoms with Crippen molar-refractivity contribution in [3.63, 3.8) is 0 Å². The van der Waals surface area contributed by atoms with Gasteiger partial charge in [0.05, 0.1) is 17.3 Å². The average Bonchev–Trinajstić information content (AvgIpc) is 2.69. The maximum absolute atomic E-state index is 11.9. The Morgan fingerprint density at radius 2 is 2.05 bits per heavy atom. The van der Waals surface area contributed by atoms with Crippen molar-refractivity contribution >= 4 is 29.1 Å². The van der Waals surface area contributed by atoms with Gasteiger partial charge in [0.25, 0.3) is 5.91 Å². The Kier molecular flexibility index (Phi) is 4.07. The Labute approximate surface area is 119 Å². The zero-order chi connectivity index (χ0) is 14.0. The van der Waals surface area contributed by atoms with Gasteiger partial charge >= 0.3 is 0 Å². The number of halogens is 2. The van der Waals surface area contributed by atoms with Crippen LogP contribution in [0.5, 0.6) is 0 Å². The minimum absolute atomic E-state index is 0.0779. The number of hydrogen-bond donors (Lipinski definition) is 1. The Hall–Kier alpha value is -1.59. The number of hydrogen-bond acceptors (Lipinski definition) is 4. The van der Waals surface area contributed by atoms with Crippen molar-refractivity contribution in [1.29, 1.82) is 0 Å². The van der Waals surface area contributed by atoms with E-state index in [1.165, 1.54) is 12.1 Å². The maximum Gasteiger partial charge on any atom is 0.271 e. The summed E-state index contributed by atoms with van der Waals surface area (Å²) >= 11 is 11.6. The lowest BCUT2D eigenvalue weighted by Gasteiger charge is -2.04. The van der Waals surface area contributed by atoms with Crippen molar-refractivity contribution in [3.05, 3.63) is 45.3 Å². The van der Waals surface area contributed by atoms with Gasteiger partial charge in [-0.2, -0.15) is 0 Å². The van der Waals surface area contributed by atoms with E-state index in [-0.39, 0.29) is 22.4 Å². The molecule has 0 saturated carbocycles. The third-order valence-corrected chi connectivity index (χ3v) is 3.02. The first-order chi connectivity index (χ1) is 8.97. The fourth-order valence-electron chi connectivity index (χ4n) is 1.43. The highest BCUT2D eigenvalue weighted by Crippen LogP contribution is 2.17. The van der Waals surface area contributed by atoms with Gasteiger partial charge in [0.15, 0.2) is 0 Å². The molecule has 0 fully saturated rings. The molecule has 0 unspecified atom stereocenters. The molecule has 0 aliphatic rings. The number of pyridine rings is 1. The molecule has 1 amide bonds. The number of oxazole rings is 1. The van der Waals surface area contributed by atoms with Crippen LogP contribution >= 0.6 is 23.2 Å². The molecule has 0 spiro atoms. The van der Waals surface area contributed by atoms with Crippen molar-refractivity contribution in [2.75, 3.05) is 0 Å². The Morgan fingerprint density at radius 3 is 2.68 bits per heavy atom. The van der Waals surface area contributed by atoms with Crippen molar-refractivity contribution in [2.24, 2.45) is 0 Å². The monoisotopic (exact) mass is 299 g/mol. The summed E-state index contributed by atoms with van der Waals surface area (Å²) in [5.41, 5.74) is 0.873. The van der Waals surface area contributed by atoms with Crippen molar-refractivity contribution < 1.29 is 9.21 Å². The molecule has 5 nitrogen and oxygen atoms in total. The molecule has 0 bridgehead atoms. The van der Waals surface area contributed by atoms with Crippen LogP contribution < -0.4 is 5.32 Å². The Balaban J connectivity index is 2.07. The SMILES string of the molecule is Cc1nc(CNC(=O)c2nc(Cl)ccc2Cl)oc1C. The molecule has 0 aromatic carbocycles. The molecule has 0 radical (unpaired) electrons. The summed E-state index contributed by atoms with van der Waals surface area (Å²) in [6.07, 6.45) is 0. The van der Waals surface area contributed by atoms with Gasteiger partial charge in [-0.25, -0.2) is 9.97 Å². The van der Waals surface area contributed by atoms with Crippen LogP contribution in [0, 0.1) is 13.8 Å². The number of nitrogens with one attached hydrogen (secondary N) is 1. The number of aromatic nitrogens is 2. The van der Waals surface area contributed by atoms with Gasteiger partial charge in [0.1, 0.15) is 16.6 Å². The van der Waals surface area contributed by atoms with Crippen LogP contribution in [-0.4, -0.2) is 15.9 Å². The topological polar surface area (TPSA) is 68.0 Å². The molecule has 0 saturated heterocycles. The first kappa shape index (κ1) is 13.8. The number of rotatable bonds is 3. The summed E-state index contributed by atoms with van der Waals surface area (Å²) in [6.45, 7) is 3.81. The van der Waals surface area contributed by atoms with Gasteiger partial charge in [-0.15, -0.1) is 0 Å². The summed E-state index contributed by atoms with van der Waals surface area (Å²) in [5, 5.41) is 3.07. The molecular formula is C12H11Cl2N3O2. The summed E-state index contributed by atoms with van der Waals surface area (Å²) < 4.78 is 5.35. The maximum atomic E-state index is 11.9. The molecule has 2 rings (SSSR count). The predicted molar refractivity (Wildman–Crippen MR) is 71.4 cm³/mol. The molecule has 19 heavy (non-hydrogen) atoms. The third kappa shape index (κ3) is 3.24. The van der Waals surface area contributed by atoms with Gasteiger partial charge in [-0.3, -0.25) is 4.79 Å². The molecule has 2 aromatic rings. The molecule has 2 heterocycles. The molecule has 0 aliphatic heterocycles. The second-order valence-electron chi connectivity index (χ2n) is 3.90. The molecule has 100 valence electrons. The van der Waals surface area contributed by atoms with E-state index in [4.69, 9.17) is 27.6 Å². The zero-order valence-electron chi connectivity index (χ0n) is 10.3. The van der Waals surface area contributed by atoms with Crippen molar-refractivity contribution in [3.8, 4) is 0 Å². The van der Waals surface area contributed by atoms with Crippen LogP contribution in [0.1, 0.15) is 27.8 Å².